The normalized spacial score (nSPS) is 10.5. The van der Waals surface area contributed by atoms with Gasteiger partial charge in [-0.15, -0.1) is 0 Å². The van der Waals surface area contributed by atoms with Crippen LogP contribution in [0.5, 0.6) is 11.5 Å². The standard InChI is InChI=1S/C17H23N3O4/c1-5-14-13(9-18)16(17(21)24-4)20(19-14)10-11-6-7-12(22-2)8-15(11)23-3/h6-8H,5,9-10,18H2,1-4H3. The fourth-order valence-corrected chi connectivity index (χ4v) is 2.63. The third-order valence-corrected chi connectivity index (χ3v) is 3.87. The van der Waals surface area contributed by atoms with Crippen LogP contribution in [0.2, 0.25) is 0 Å². The first-order valence-corrected chi connectivity index (χ1v) is 7.67. The Morgan fingerprint density at radius 2 is 2.00 bits per heavy atom. The van der Waals surface area contributed by atoms with Crippen LogP contribution >= 0.6 is 0 Å². The number of ether oxygens (including phenoxy) is 3. The lowest BCUT2D eigenvalue weighted by Crippen LogP contribution is -2.16. The second-order valence-corrected chi connectivity index (χ2v) is 5.16. The van der Waals surface area contributed by atoms with E-state index in [1.165, 1.54) is 7.11 Å². The smallest absolute Gasteiger partial charge is 0.356 e. The molecule has 2 N–H and O–H groups in total. The van der Waals surface area contributed by atoms with Gasteiger partial charge in [0.1, 0.15) is 11.5 Å². The van der Waals surface area contributed by atoms with Gasteiger partial charge < -0.3 is 19.9 Å². The summed E-state index contributed by atoms with van der Waals surface area (Å²) in [5.41, 5.74) is 8.59. The monoisotopic (exact) mass is 333 g/mol. The molecular weight excluding hydrogens is 310 g/mol. The molecule has 1 heterocycles. The van der Waals surface area contributed by atoms with Crippen molar-refractivity contribution in [3.8, 4) is 11.5 Å². The number of aromatic nitrogens is 2. The summed E-state index contributed by atoms with van der Waals surface area (Å²) < 4.78 is 17.1. The summed E-state index contributed by atoms with van der Waals surface area (Å²) >= 11 is 0. The minimum atomic E-state index is -0.449. The van der Waals surface area contributed by atoms with Crippen molar-refractivity contribution in [2.24, 2.45) is 5.73 Å². The molecule has 0 bridgehead atoms. The van der Waals surface area contributed by atoms with Crippen molar-refractivity contribution in [2.45, 2.75) is 26.4 Å². The number of aryl methyl sites for hydroxylation is 1. The van der Waals surface area contributed by atoms with Crippen molar-refractivity contribution in [3.05, 3.63) is 40.7 Å². The Bertz CT molecular complexity index is 725. The number of carbonyl (C=O) groups is 1. The predicted octanol–water partition coefficient (Wildman–Crippen LogP) is 1.76. The summed E-state index contributed by atoms with van der Waals surface area (Å²) in [6, 6.07) is 5.51. The molecule has 0 atom stereocenters. The van der Waals surface area contributed by atoms with Crippen molar-refractivity contribution in [3.63, 3.8) is 0 Å². The van der Waals surface area contributed by atoms with E-state index in [0.717, 1.165) is 16.8 Å². The van der Waals surface area contributed by atoms with Gasteiger partial charge in [-0.25, -0.2) is 4.79 Å². The average molecular weight is 333 g/mol. The van der Waals surface area contributed by atoms with E-state index in [-0.39, 0.29) is 6.54 Å². The first-order chi connectivity index (χ1) is 11.6. The zero-order valence-electron chi connectivity index (χ0n) is 14.5. The SMILES string of the molecule is CCc1nn(Cc2ccc(OC)cc2OC)c(C(=O)OC)c1CN. The lowest BCUT2D eigenvalue weighted by molar-refractivity contribution is 0.0586. The van der Waals surface area contributed by atoms with E-state index in [1.807, 2.05) is 19.1 Å². The van der Waals surface area contributed by atoms with Gasteiger partial charge in [0.25, 0.3) is 0 Å². The van der Waals surface area contributed by atoms with Crippen molar-refractivity contribution < 1.29 is 19.0 Å². The molecule has 0 aliphatic heterocycles. The second-order valence-electron chi connectivity index (χ2n) is 5.16. The van der Waals surface area contributed by atoms with E-state index in [2.05, 4.69) is 5.10 Å². The molecule has 2 aromatic rings. The Labute approximate surface area is 141 Å². The lowest BCUT2D eigenvalue weighted by Gasteiger charge is -2.12. The van der Waals surface area contributed by atoms with Crippen molar-refractivity contribution in [1.29, 1.82) is 0 Å². The molecule has 1 aromatic carbocycles. The third-order valence-electron chi connectivity index (χ3n) is 3.87. The average Bonchev–Trinajstić information content (AvgIpc) is 2.98. The number of methoxy groups -OCH3 is 3. The minimum Gasteiger partial charge on any atom is -0.497 e. The molecule has 0 aliphatic carbocycles. The Balaban J connectivity index is 2.49. The fraction of sp³-hybridized carbons (Fsp3) is 0.412. The molecule has 0 unspecified atom stereocenters. The first kappa shape index (κ1) is 17.8. The van der Waals surface area contributed by atoms with Crippen LogP contribution in [0.1, 0.15) is 34.2 Å². The molecule has 0 saturated carbocycles. The molecule has 130 valence electrons. The van der Waals surface area contributed by atoms with Gasteiger partial charge in [-0.2, -0.15) is 5.10 Å². The fourth-order valence-electron chi connectivity index (χ4n) is 2.63. The molecule has 0 fully saturated rings. The summed E-state index contributed by atoms with van der Waals surface area (Å²) in [4.78, 5) is 12.2. The quantitative estimate of drug-likeness (QED) is 0.777. The summed E-state index contributed by atoms with van der Waals surface area (Å²) in [5.74, 6) is 0.907. The van der Waals surface area contributed by atoms with Gasteiger partial charge in [0.05, 0.1) is 33.6 Å². The topological polar surface area (TPSA) is 88.6 Å². The van der Waals surface area contributed by atoms with Gasteiger partial charge in [0.2, 0.25) is 0 Å². The Morgan fingerprint density at radius 3 is 2.54 bits per heavy atom. The van der Waals surface area contributed by atoms with Gasteiger partial charge in [-0.3, -0.25) is 4.68 Å². The van der Waals surface area contributed by atoms with Crippen LogP contribution in [0.3, 0.4) is 0 Å². The van der Waals surface area contributed by atoms with Gasteiger partial charge >= 0.3 is 5.97 Å². The number of esters is 1. The van der Waals surface area contributed by atoms with E-state index >= 15 is 0 Å². The van der Waals surface area contributed by atoms with Crippen LogP contribution in [0.4, 0.5) is 0 Å². The second kappa shape index (κ2) is 7.83. The molecule has 0 saturated heterocycles. The Kier molecular flexibility index (Phi) is 5.81. The van der Waals surface area contributed by atoms with E-state index in [1.54, 1.807) is 25.0 Å². The van der Waals surface area contributed by atoms with Crippen LogP contribution in [0.25, 0.3) is 0 Å². The number of benzene rings is 1. The molecule has 0 aliphatic rings. The minimum absolute atomic E-state index is 0.230. The number of rotatable bonds is 7. The molecule has 7 nitrogen and oxygen atoms in total. The number of nitrogens with zero attached hydrogens (tertiary/aromatic N) is 2. The molecule has 2 rings (SSSR count). The van der Waals surface area contributed by atoms with Crippen LogP contribution in [-0.2, 0) is 24.2 Å². The molecule has 1 aromatic heterocycles. The highest BCUT2D eigenvalue weighted by Gasteiger charge is 2.23. The Hall–Kier alpha value is -2.54. The lowest BCUT2D eigenvalue weighted by atomic mass is 10.1. The maximum atomic E-state index is 12.2. The summed E-state index contributed by atoms with van der Waals surface area (Å²) in [7, 11) is 4.53. The summed E-state index contributed by atoms with van der Waals surface area (Å²) in [6.07, 6.45) is 0.684. The highest BCUT2D eigenvalue weighted by molar-refractivity contribution is 5.89. The van der Waals surface area contributed by atoms with Crippen LogP contribution in [0, 0.1) is 0 Å². The molecule has 0 amide bonds. The maximum Gasteiger partial charge on any atom is 0.356 e. The zero-order valence-corrected chi connectivity index (χ0v) is 14.5. The van der Waals surface area contributed by atoms with Gasteiger partial charge in [0, 0.05) is 23.7 Å². The molecule has 7 heteroatoms. The van der Waals surface area contributed by atoms with Crippen LogP contribution in [-0.4, -0.2) is 37.1 Å². The molecular formula is C17H23N3O4. The van der Waals surface area contributed by atoms with E-state index in [9.17, 15) is 4.79 Å². The maximum absolute atomic E-state index is 12.2. The van der Waals surface area contributed by atoms with Crippen molar-refractivity contribution in [2.75, 3.05) is 21.3 Å². The molecule has 0 spiro atoms. The number of nitrogens with two attached hydrogens (primary N) is 1. The third kappa shape index (κ3) is 3.35. The summed E-state index contributed by atoms with van der Waals surface area (Å²) in [5, 5.41) is 4.53. The largest absolute Gasteiger partial charge is 0.497 e. The summed E-state index contributed by atoms with van der Waals surface area (Å²) in [6.45, 7) is 2.57. The number of hydrogen-bond donors (Lipinski definition) is 1. The molecule has 24 heavy (non-hydrogen) atoms. The predicted molar refractivity (Wildman–Crippen MR) is 89.5 cm³/mol. The van der Waals surface area contributed by atoms with Gasteiger partial charge in [0.15, 0.2) is 5.69 Å². The van der Waals surface area contributed by atoms with Crippen molar-refractivity contribution in [1.82, 2.24) is 9.78 Å². The highest BCUT2D eigenvalue weighted by Crippen LogP contribution is 2.26. The number of carbonyl (C=O) groups excluding carboxylic acids is 1. The zero-order chi connectivity index (χ0) is 17.7. The van der Waals surface area contributed by atoms with Gasteiger partial charge in [-0.1, -0.05) is 6.92 Å². The van der Waals surface area contributed by atoms with Gasteiger partial charge in [-0.05, 0) is 18.6 Å². The highest BCUT2D eigenvalue weighted by atomic mass is 16.5. The van der Waals surface area contributed by atoms with E-state index in [4.69, 9.17) is 19.9 Å². The molecule has 0 radical (unpaired) electrons. The first-order valence-electron chi connectivity index (χ1n) is 7.67. The van der Waals surface area contributed by atoms with E-state index < -0.39 is 5.97 Å². The van der Waals surface area contributed by atoms with E-state index in [0.29, 0.717) is 30.2 Å². The number of hydrogen-bond acceptors (Lipinski definition) is 6. The van der Waals surface area contributed by atoms with Crippen LogP contribution in [0.15, 0.2) is 18.2 Å². The Morgan fingerprint density at radius 1 is 1.25 bits per heavy atom. The van der Waals surface area contributed by atoms with Crippen molar-refractivity contribution >= 4 is 5.97 Å². The van der Waals surface area contributed by atoms with Crippen LogP contribution < -0.4 is 15.2 Å².